The third-order valence-corrected chi connectivity index (χ3v) is 7.20. The minimum absolute atomic E-state index is 0. The van der Waals surface area contributed by atoms with Gasteiger partial charge >= 0.3 is 0 Å². The molecule has 4 bridgehead atoms. The van der Waals surface area contributed by atoms with E-state index in [1.165, 1.54) is 0 Å². The molecule has 0 spiro atoms. The van der Waals surface area contributed by atoms with E-state index in [2.05, 4.69) is 41.5 Å². The quantitative estimate of drug-likeness (QED) is 0.160. The predicted molar refractivity (Wildman–Crippen MR) is 172 cm³/mol. The van der Waals surface area contributed by atoms with E-state index in [-0.39, 0.29) is 55.9 Å². The zero-order valence-electron chi connectivity index (χ0n) is 25.6. The summed E-state index contributed by atoms with van der Waals surface area (Å²) in [7, 11) is 0. The summed E-state index contributed by atoms with van der Waals surface area (Å²) >= 11 is 0. The first-order valence-corrected chi connectivity index (χ1v) is 14.0. The maximum absolute atomic E-state index is 11.3. The standard InChI is InChI=1S/C36H36N4O2.Fe.Ni/c1-35(2,3)27-15-23-19-37-29-11-7-9-13-31(29)39-21-25-17-28(36(4,5)6)18-26(34(25)42)22-40-32-14-10-8-12-30(32)38-20-24(16-27)33(23)41;;/h7-22,41-42H,1-6H3;;. The Balaban J connectivity index is 0.00000264. The van der Waals surface area contributed by atoms with Crippen LogP contribution in [0, 0.1) is 0 Å². The summed E-state index contributed by atoms with van der Waals surface area (Å²) in [6.07, 6.45) is 6.64. The molecule has 1 aromatic heterocycles. The minimum atomic E-state index is -0.166. The van der Waals surface area contributed by atoms with Gasteiger partial charge in [-0.25, -0.2) is 0 Å². The van der Waals surface area contributed by atoms with Gasteiger partial charge in [0.25, 0.3) is 0 Å². The number of nitrogens with zero attached hydrogens (tertiary/aromatic N) is 4. The van der Waals surface area contributed by atoms with Crippen molar-refractivity contribution < 1.29 is 43.8 Å². The number of hydrogen-bond donors (Lipinski definition) is 2. The summed E-state index contributed by atoms with van der Waals surface area (Å²) in [4.78, 5) is 18.9. The fourth-order valence-electron chi connectivity index (χ4n) is 4.54. The Morgan fingerprint density at radius 2 is 0.682 bits per heavy atom. The molecule has 5 aromatic rings. The molecule has 230 valence electrons. The zero-order chi connectivity index (χ0) is 30.1. The average molecular weight is 671 g/mol. The van der Waals surface area contributed by atoms with Crippen molar-refractivity contribution in [2.75, 3.05) is 0 Å². The number of benzene rings is 4. The van der Waals surface area contributed by atoms with Gasteiger partial charge in [-0.05, 0) is 70.5 Å². The van der Waals surface area contributed by atoms with Crippen LogP contribution < -0.4 is 0 Å². The van der Waals surface area contributed by atoms with Crippen LogP contribution in [-0.2, 0) is 44.4 Å². The first-order valence-electron chi connectivity index (χ1n) is 14.0. The number of aromatic hydroxyl groups is 2. The largest absolute Gasteiger partial charge is 0.507 e. The molecule has 6 nitrogen and oxygen atoms in total. The molecule has 5 rings (SSSR count). The van der Waals surface area contributed by atoms with Crippen molar-refractivity contribution in [3.8, 4) is 11.5 Å². The Kier molecular flexibility index (Phi) is 10.9. The van der Waals surface area contributed by atoms with Crippen LogP contribution in [0.3, 0.4) is 0 Å². The van der Waals surface area contributed by atoms with Gasteiger partial charge in [0.05, 0.1) is 22.1 Å². The molecule has 8 heteroatoms. The summed E-state index contributed by atoms with van der Waals surface area (Å²) in [5.41, 5.74) is 4.28. The van der Waals surface area contributed by atoms with Crippen LogP contribution in [0.1, 0.15) is 52.7 Å². The Hall–Kier alpha value is -3.83. The second-order valence-corrected chi connectivity index (χ2v) is 12.5. The number of rotatable bonds is 0. The van der Waals surface area contributed by atoms with Gasteiger partial charge in [0.1, 0.15) is 11.5 Å². The SMILES string of the molecule is CC(C)(C)c1cc2cnc3ccccc3ncc3cc(C(C)(C)C)cc(cnc4ccccc4ncc(c1)c2O)c3O.[Fe].[Ni]. The molecule has 0 aliphatic heterocycles. The van der Waals surface area contributed by atoms with Crippen LogP contribution in [0.2, 0.25) is 0 Å². The number of fused-ring (bicyclic) bond motifs is 6. The van der Waals surface area contributed by atoms with E-state index in [0.29, 0.717) is 43.6 Å². The van der Waals surface area contributed by atoms with E-state index >= 15 is 0 Å². The molecule has 0 radical (unpaired) electrons. The van der Waals surface area contributed by atoms with Gasteiger partial charge in [-0.15, -0.1) is 0 Å². The Morgan fingerprint density at radius 3 is 0.886 bits per heavy atom. The van der Waals surface area contributed by atoms with Crippen LogP contribution in [0.5, 0.6) is 11.5 Å². The third-order valence-electron chi connectivity index (χ3n) is 7.20. The van der Waals surface area contributed by atoms with Crippen molar-refractivity contribution >= 4 is 43.6 Å². The van der Waals surface area contributed by atoms with Crippen LogP contribution in [0.25, 0.3) is 43.6 Å². The van der Waals surface area contributed by atoms with Crippen LogP contribution >= 0.6 is 0 Å². The molecular formula is C36H36FeN4NiO2. The van der Waals surface area contributed by atoms with Crippen molar-refractivity contribution in [2.45, 2.75) is 52.4 Å². The molecular weight excluding hydrogens is 635 g/mol. The first-order chi connectivity index (χ1) is 19.9. The Labute approximate surface area is 278 Å². The Morgan fingerprint density at radius 1 is 0.455 bits per heavy atom. The van der Waals surface area contributed by atoms with Crippen LogP contribution in [0.15, 0.2) is 97.6 Å². The normalized spacial score (nSPS) is 11.2. The molecule has 0 unspecified atom stereocenters. The first kappa shape index (κ1) is 34.7. The monoisotopic (exact) mass is 670 g/mol. The molecule has 0 saturated carbocycles. The van der Waals surface area contributed by atoms with E-state index in [4.69, 9.17) is 19.9 Å². The molecule has 2 N–H and O–H groups in total. The van der Waals surface area contributed by atoms with Crippen molar-refractivity contribution in [1.82, 2.24) is 19.9 Å². The van der Waals surface area contributed by atoms with E-state index in [9.17, 15) is 10.2 Å². The molecule has 0 fully saturated rings. The summed E-state index contributed by atoms with van der Waals surface area (Å²) in [6.45, 7) is 12.8. The fraction of sp³-hybridized carbons (Fsp3) is 0.222. The predicted octanol–water partition coefficient (Wildman–Crippen LogP) is 8.69. The van der Waals surface area contributed by atoms with Crippen LogP contribution in [-0.4, -0.2) is 30.1 Å². The number of para-hydroxylation sites is 4. The average Bonchev–Trinajstić information content (AvgIpc) is 2.94. The number of phenols is 2. The van der Waals surface area contributed by atoms with E-state index < -0.39 is 0 Å². The smallest absolute Gasteiger partial charge is 0.133 e. The number of aromatic nitrogens is 4. The molecule has 0 saturated heterocycles. The van der Waals surface area contributed by atoms with Crippen LogP contribution in [0.4, 0.5) is 0 Å². The topological polar surface area (TPSA) is 92.0 Å². The van der Waals surface area contributed by atoms with Gasteiger partial charge in [0, 0.05) is 79.9 Å². The van der Waals surface area contributed by atoms with Gasteiger partial charge < -0.3 is 10.2 Å². The van der Waals surface area contributed by atoms with Gasteiger partial charge in [-0.1, -0.05) is 65.8 Å². The van der Waals surface area contributed by atoms with E-state index in [1.54, 1.807) is 24.8 Å². The second kappa shape index (κ2) is 13.9. The maximum atomic E-state index is 11.3. The van der Waals surface area contributed by atoms with Crippen molar-refractivity contribution in [3.05, 3.63) is 109 Å². The molecule has 1 heterocycles. The fourth-order valence-corrected chi connectivity index (χ4v) is 4.54. The molecule has 0 aliphatic rings. The van der Waals surface area contributed by atoms with Gasteiger partial charge in [-0.2, -0.15) is 0 Å². The second-order valence-electron chi connectivity index (χ2n) is 12.5. The molecule has 44 heavy (non-hydrogen) atoms. The zero-order valence-corrected chi connectivity index (χ0v) is 27.7. The molecule has 0 atom stereocenters. The van der Waals surface area contributed by atoms with Crippen molar-refractivity contribution in [1.29, 1.82) is 0 Å². The third kappa shape index (κ3) is 7.81. The Bertz CT molecular complexity index is 1730. The van der Waals surface area contributed by atoms with Crippen molar-refractivity contribution in [3.63, 3.8) is 0 Å². The summed E-state index contributed by atoms with van der Waals surface area (Å²) in [6, 6.07) is 22.9. The molecule has 0 amide bonds. The summed E-state index contributed by atoms with van der Waals surface area (Å²) < 4.78 is 0. The molecule has 4 aromatic carbocycles. The van der Waals surface area contributed by atoms with Gasteiger partial charge in [-0.3, -0.25) is 19.9 Å². The maximum Gasteiger partial charge on any atom is 0.133 e. The van der Waals surface area contributed by atoms with Crippen molar-refractivity contribution in [2.24, 2.45) is 0 Å². The summed E-state index contributed by atoms with van der Waals surface area (Å²) in [5, 5.41) is 24.8. The van der Waals surface area contributed by atoms with Gasteiger partial charge in [0.15, 0.2) is 0 Å². The van der Waals surface area contributed by atoms with Gasteiger partial charge in [0.2, 0.25) is 0 Å². The van der Waals surface area contributed by atoms with E-state index in [1.807, 2.05) is 72.8 Å². The van der Waals surface area contributed by atoms with E-state index in [0.717, 1.165) is 11.1 Å². The minimum Gasteiger partial charge on any atom is -0.507 e. The number of phenolic OH excluding ortho intramolecular Hbond substituents is 2. The summed E-state index contributed by atoms with van der Waals surface area (Å²) in [5.74, 6) is 0.182. The number of hydrogen-bond acceptors (Lipinski definition) is 6. The molecule has 0 aliphatic carbocycles.